The monoisotopic (exact) mass is 286 g/mol. The zero-order valence-electron chi connectivity index (χ0n) is 10.9. The summed E-state index contributed by atoms with van der Waals surface area (Å²) in [6, 6.07) is 3.99. The van der Waals surface area contributed by atoms with Gasteiger partial charge in [-0.1, -0.05) is 19.4 Å². The zero-order chi connectivity index (χ0) is 14.1. The first kappa shape index (κ1) is 14.4. The number of hydrogen-bond acceptors (Lipinski definition) is 3. The van der Waals surface area contributed by atoms with E-state index in [1.54, 1.807) is 0 Å². The zero-order valence-corrected chi connectivity index (χ0v) is 11.8. The van der Waals surface area contributed by atoms with Crippen molar-refractivity contribution in [3.05, 3.63) is 29.6 Å². The van der Waals surface area contributed by atoms with Crippen molar-refractivity contribution >= 4 is 10.0 Å². The molecule has 1 aromatic rings. The second kappa shape index (κ2) is 5.19. The molecule has 1 saturated carbocycles. The molecular formula is C13H19FN2O2S. The Labute approximate surface area is 113 Å². The van der Waals surface area contributed by atoms with E-state index in [1.165, 1.54) is 18.2 Å². The molecule has 3 N–H and O–H groups in total. The molecule has 0 heterocycles. The summed E-state index contributed by atoms with van der Waals surface area (Å²) in [6.07, 6.45) is 3.16. The van der Waals surface area contributed by atoms with Crippen LogP contribution in [0.5, 0.6) is 0 Å². The average molecular weight is 286 g/mol. The Hall–Kier alpha value is -0.980. The normalized spacial score (nSPS) is 18.1. The van der Waals surface area contributed by atoms with E-state index in [9.17, 15) is 12.8 Å². The van der Waals surface area contributed by atoms with Crippen LogP contribution >= 0.6 is 0 Å². The third-order valence-electron chi connectivity index (χ3n) is 3.82. The lowest BCUT2D eigenvalue weighted by atomic mass is 9.71. The van der Waals surface area contributed by atoms with E-state index < -0.39 is 15.8 Å². The molecule has 2 rings (SSSR count). The van der Waals surface area contributed by atoms with Crippen molar-refractivity contribution in [1.29, 1.82) is 0 Å². The number of hydrogen-bond donors (Lipinski definition) is 2. The molecule has 1 aromatic carbocycles. The molecule has 1 aliphatic carbocycles. The molecule has 0 saturated heterocycles. The summed E-state index contributed by atoms with van der Waals surface area (Å²) >= 11 is 0. The van der Waals surface area contributed by atoms with Crippen molar-refractivity contribution in [2.75, 3.05) is 6.54 Å². The van der Waals surface area contributed by atoms with E-state index in [-0.39, 0.29) is 22.4 Å². The molecule has 19 heavy (non-hydrogen) atoms. The molecule has 0 unspecified atom stereocenters. The minimum Gasteiger partial charge on any atom is -0.326 e. The van der Waals surface area contributed by atoms with Crippen LogP contribution in [0.15, 0.2) is 23.1 Å². The molecule has 106 valence electrons. The highest BCUT2D eigenvalue weighted by Crippen LogP contribution is 2.39. The van der Waals surface area contributed by atoms with Gasteiger partial charge in [0.25, 0.3) is 0 Å². The van der Waals surface area contributed by atoms with Gasteiger partial charge in [-0.15, -0.1) is 0 Å². The number of rotatable bonds is 5. The van der Waals surface area contributed by atoms with Crippen LogP contribution in [-0.4, -0.2) is 15.0 Å². The largest absolute Gasteiger partial charge is 0.326 e. The highest BCUT2D eigenvalue weighted by atomic mass is 32.2. The first-order valence-electron chi connectivity index (χ1n) is 6.35. The number of nitrogens with one attached hydrogen (secondary N) is 1. The van der Waals surface area contributed by atoms with Gasteiger partial charge < -0.3 is 5.73 Å². The maximum absolute atomic E-state index is 13.6. The first-order valence-corrected chi connectivity index (χ1v) is 7.83. The van der Waals surface area contributed by atoms with Crippen molar-refractivity contribution in [1.82, 2.24) is 4.72 Å². The molecule has 0 aromatic heterocycles. The topological polar surface area (TPSA) is 72.2 Å². The summed E-state index contributed by atoms with van der Waals surface area (Å²) in [4.78, 5) is -0.0575. The smallest absolute Gasteiger partial charge is 0.241 e. The van der Waals surface area contributed by atoms with Crippen LogP contribution in [0.3, 0.4) is 0 Å². The van der Waals surface area contributed by atoms with Crippen molar-refractivity contribution in [3.63, 3.8) is 0 Å². The van der Waals surface area contributed by atoms with E-state index in [2.05, 4.69) is 11.6 Å². The van der Waals surface area contributed by atoms with Crippen LogP contribution in [0.1, 0.15) is 31.7 Å². The van der Waals surface area contributed by atoms with E-state index >= 15 is 0 Å². The molecule has 4 nitrogen and oxygen atoms in total. The fourth-order valence-corrected chi connectivity index (χ4v) is 3.75. The summed E-state index contributed by atoms with van der Waals surface area (Å²) < 4.78 is 40.6. The van der Waals surface area contributed by atoms with E-state index in [0.717, 1.165) is 19.3 Å². The van der Waals surface area contributed by atoms with Crippen molar-refractivity contribution in [2.24, 2.45) is 11.1 Å². The van der Waals surface area contributed by atoms with Crippen LogP contribution in [-0.2, 0) is 16.6 Å². The van der Waals surface area contributed by atoms with Gasteiger partial charge in [-0.25, -0.2) is 17.5 Å². The van der Waals surface area contributed by atoms with E-state index in [1.807, 2.05) is 0 Å². The molecule has 0 bridgehead atoms. The van der Waals surface area contributed by atoms with Gasteiger partial charge in [-0.2, -0.15) is 0 Å². The maximum Gasteiger partial charge on any atom is 0.241 e. The van der Waals surface area contributed by atoms with E-state index in [4.69, 9.17) is 5.73 Å². The lowest BCUT2D eigenvalue weighted by Gasteiger charge is -2.38. The summed E-state index contributed by atoms with van der Waals surface area (Å²) in [6.45, 7) is 2.30. The Balaban J connectivity index is 2.22. The van der Waals surface area contributed by atoms with Gasteiger partial charge >= 0.3 is 0 Å². The highest BCUT2D eigenvalue weighted by molar-refractivity contribution is 7.89. The van der Waals surface area contributed by atoms with Crippen molar-refractivity contribution < 1.29 is 12.8 Å². The minimum absolute atomic E-state index is 0.0310. The Morgan fingerprint density at radius 2 is 2.11 bits per heavy atom. The Morgan fingerprint density at radius 3 is 2.63 bits per heavy atom. The van der Waals surface area contributed by atoms with Gasteiger partial charge in [-0.05, 0) is 30.4 Å². The summed E-state index contributed by atoms with van der Waals surface area (Å²) in [5.41, 5.74) is 5.50. The fourth-order valence-electron chi connectivity index (χ4n) is 2.29. The SMILES string of the molecule is CC1(CNS(=O)(=O)c2cccc(F)c2CN)CCC1. The Bertz CT molecular complexity index is 568. The van der Waals surface area contributed by atoms with Gasteiger partial charge in [0.15, 0.2) is 0 Å². The van der Waals surface area contributed by atoms with Gasteiger partial charge in [0.1, 0.15) is 5.82 Å². The third-order valence-corrected chi connectivity index (χ3v) is 5.31. The second-order valence-corrected chi connectivity index (χ2v) is 7.14. The van der Waals surface area contributed by atoms with Crippen molar-refractivity contribution in [2.45, 2.75) is 37.6 Å². The Kier molecular flexibility index (Phi) is 3.94. The predicted octanol–water partition coefficient (Wildman–Crippen LogP) is 1.75. The van der Waals surface area contributed by atoms with Gasteiger partial charge in [0, 0.05) is 18.7 Å². The molecule has 0 aliphatic heterocycles. The molecular weight excluding hydrogens is 267 g/mol. The molecule has 0 radical (unpaired) electrons. The summed E-state index contributed by atoms with van der Waals surface area (Å²) in [5, 5.41) is 0. The highest BCUT2D eigenvalue weighted by Gasteiger charge is 2.33. The molecule has 1 aliphatic rings. The van der Waals surface area contributed by atoms with Crippen LogP contribution in [0.25, 0.3) is 0 Å². The molecule has 1 fully saturated rings. The predicted molar refractivity (Wildman–Crippen MR) is 71.4 cm³/mol. The number of benzene rings is 1. The number of sulfonamides is 1. The molecule has 0 atom stereocenters. The lowest BCUT2D eigenvalue weighted by Crippen LogP contribution is -2.40. The lowest BCUT2D eigenvalue weighted by molar-refractivity contribution is 0.166. The minimum atomic E-state index is -3.70. The fraction of sp³-hybridized carbons (Fsp3) is 0.538. The number of halogens is 1. The van der Waals surface area contributed by atoms with Gasteiger partial charge in [0.2, 0.25) is 10.0 Å². The van der Waals surface area contributed by atoms with Crippen LogP contribution in [0.4, 0.5) is 4.39 Å². The van der Waals surface area contributed by atoms with Crippen LogP contribution in [0.2, 0.25) is 0 Å². The average Bonchev–Trinajstić information content (AvgIpc) is 2.34. The maximum atomic E-state index is 13.6. The summed E-state index contributed by atoms with van der Waals surface area (Å²) in [5.74, 6) is -0.583. The standard InChI is InChI=1S/C13H19FN2O2S/c1-13(6-3-7-13)9-16-19(17,18)12-5-2-4-11(14)10(12)8-15/h2,4-5,16H,3,6-9,15H2,1H3. The molecule has 0 spiro atoms. The first-order chi connectivity index (χ1) is 8.88. The number of nitrogens with two attached hydrogens (primary N) is 1. The van der Waals surface area contributed by atoms with Gasteiger partial charge in [0.05, 0.1) is 4.90 Å². The summed E-state index contributed by atoms with van der Waals surface area (Å²) in [7, 11) is -3.70. The Morgan fingerprint density at radius 1 is 1.42 bits per heavy atom. The molecule has 0 amide bonds. The van der Waals surface area contributed by atoms with Crippen LogP contribution in [0, 0.1) is 11.2 Å². The third kappa shape index (κ3) is 2.96. The second-order valence-electron chi connectivity index (χ2n) is 5.41. The van der Waals surface area contributed by atoms with E-state index in [0.29, 0.717) is 6.54 Å². The van der Waals surface area contributed by atoms with Crippen molar-refractivity contribution in [3.8, 4) is 0 Å². The molecule has 6 heteroatoms. The quantitative estimate of drug-likeness (QED) is 0.866. The van der Waals surface area contributed by atoms with Crippen LogP contribution < -0.4 is 10.5 Å². The van der Waals surface area contributed by atoms with Gasteiger partial charge in [-0.3, -0.25) is 0 Å².